The van der Waals surface area contributed by atoms with Gasteiger partial charge in [0.1, 0.15) is 0 Å². The van der Waals surface area contributed by atoms with Gasteiger partial charge in [-0.15, -0.1) is 0 Å². The first-order chi connectivity index (χ1) is 12.8. The lowest BCUT2D eigenvalue weighted by Crippen LogP contribution is -2.40. The highest BCUT2D eigenvalue weighted by Gasteiger charge is 2.11. The van der Waals surface area contributed by atoms with Crippen LogP contribution in [0.5, 0.6) is 0 Å². The van der Waals surface area contributed by atoms with Gasteiger partial charge in [-0.25, -0.2) is 0 Å². The minimum Gasteiger partial charge on any atom is -0.345 e. The Kier molecular flexibility index (Phi) is 7.21. The van der Waals surface area contributed by atoms with Crippen LogP contribution in [0.15, 0.2) is 36.4 Å². The predicted molar refractivity (Wildman–Crippen MR) is 106 cm³/mol. The third-order valence-corrected chi connectivity index (χ3v) is 4.39. The summed E-state index contributed by atoms with van der Waals surface area (Å²) >= 11 is 11.8. The smallest absolute Gasteiger partial charge is 0.251 e. The Morgan fingerprint density at radius 1 is 0.852 bits per heavy atom. The maximum absolute atomic E-state index is 12.1. The van der Waals surface area contributed by atoms with E-state index < -0.39 is 11.8 Å². The maximum Gasteiger partial charge on any atom is 0.251 e. The second-order valence-electron chi connectivity index (χ2n) is 5.93. The number of carbonyl (C=O) groups excluding carboxylic acids is 3. The van der Waals surface area contributed by atoms with E-state index in [2.05, 4.69) is 16.0 Å². The topological polar surface area (TPSA) is 87.3 Å². The van der Waals surface area contributed by atoms with E-state index in [1.54, 1.807) is 24.3 Å². The predicted octanol–water partition coefficient (Wildman–Crippen LogP) is 3.09. The Morgan fingerprint density at radius 2 is 1.56 bits per heavy atom. The van der Waals surface area contributed by atoms with Gasteiger partial charge in [0.05, 0.1) is 23.8 Å². The fourth-order valence-electron chi connectivity index (χ4n) is 2.17. The van der Waals surface area contributed by atoms with Gasteiger partial charge in [-0.1, -0.05) is 29.3 Å². The molecule has 2 aromatic carbocycles. The Morgan fingerprint density at radius 3 is 2.26 bits per heavy atom. The fraction of sp³-hybridized carbons (Fsp3) is 0.211. The summed E-state index contributed by atoms with van der Waals surface area (Å²) in [6.45, 7) is 3.35. The van der Waals surface area contributed by atoms with Gasteiger partial charge in [0.25, 0.3) is 5.91 Å². The quantitative estimate of drug-likeness (QED) is 0.687. The molecule has 0 radical (unpaired) electrons. The summed E-state index contributed by atoms with van der Waals surface area (Å²) in [6, 6.07) is 9.95. The van der Waals surface area contributed by atoms with Crippen molar-refractivity contribution in [1.82, 2.24) is 10.6 Å². The van der Waals surface area contributed by atoms with E-state index in [0.29, 0.717) is 21.3 Å². The minimum absolute atomic E-state index is 0.239. The molecular formula is C19H19Cl2N3O3. The number of anilines is 1. The lowest BCUT2D eigenvalue weighted by Gasteiger charge is -2.10. The zero-order valence-electron chi connectivity index (χ0n) is 14.9. The average Bonchev–Trinajstić information content (AvgIpc) is 2.63. The molecule has 0 atom stereocenters. The van der Waals surface area contributed by atoms with Gasteiger partial charge in [0, 0.05) is 10.6 Å². The number of aryl methyl sites for hydroxylation is 2. The van der Waals surface area contributed by atoms with E-state index >= 15 is 0 Å². The van der Waals surface area contributed by atoms with Crippen LogP contribution in [0, 0.1) is 13.8 Å². The molecule has 8 heteroatoms. The highest BCUT2D eigenvalue weighted by molar-refractivity contribution is 6.35. The van der Waals surface area contributed by atoms with Gasteiger partial charge < -0.3 is 16.0 Å². The summed E-state index contributed by atoms with van der Waals surface area (Å²) in [5.41, 5.74) is 2.89. The number of hydrogen-bond donors (Lipinski definition) is 3. The molecule has 0 saturated heterocycles. The summed E-state index contributed by atoms with van der Waals surface area (Å²) in [6.07, 6.45) is 0. The summed E-state index contributed by atoms with van der Waals surface area (Å²) in [4.78, 5) is 35.8. The van der Waals surface area contributed by atoms with Gasteiger partial charge >= 0.3 is 0 Å². The Balaban J connectivity index is 1.78. The molecule has 0 heterocycles. The molecule has 0 unspecified atom stereocenters. The van der Waals surface area contributed by atoms with Crippen molar-refractivity contribution < 1.29 is 14.4 Å². The first-order valence-electron chi connectivity index (χ1n) is 8.13. The first kappa shape index (κ1) is 20.7. The number of amides is 3. The van der Waals surface area contributed by atoms with Crippen molar-refractivity contribution in [1.29, 1.82) is 0 Å². The van der Waals surface area contributed by atoms with Crippen molar-refractivity contribution in [3.05, 3.63) is 63.1 Å². The third-order valence-electron chi connectivity index (χ3n) is 3.83. The Hall–Kier alpha value is -2.57. The molecule has 0 aliphatic rings. The van der Waals surface area contributed by atoms with Gasteiger partial charge in [-0.05, 0) is 55.3 Å². The van der Waals surface area contributed by atoms with Crippen LogP contribution in [0.3, 0.4) is 0 Å². The standard InChI is InChI=1S/C19H19Cl2N3O3/c1-11-3-4-13(7-12(11)2)19(27)23-9-17(25)22-10-18(26)24-16-8-14(20)5-6-15(16)21/h3-8H,9-10H2,1-2H3,(H,22,25)(H,23,27)(H,24,26). The zero-order valence-corrected chi connectivity index (χ0v) is 16.4. The molecule has 0 spiro atoms. The molecule has 3 amide bonds. The van der Waals surface area contributed by atoms with Crippen LogP contribution < -0.4 is 16.0 Å². The molecule has 0 aliphatic carbocycles. The van der Waals surface area contributed by atoms with E-state index in [4.69, 9.17) is 23.2 Å². The molecule has 3 N–H and O–H groups in total. The van der Waals surface area contributed by atoms with Crippen molar-refractivity contribution in [2.75, 3.05) is 18.4 Å². The third kappa shape index (κ3) is 6.27. The number of hydrogen-bond acceptors (Lipinski definition) is 3. The zero-order chi connectivity index (χ0) is 20.0. The van der Waals surface area contributed by atoms with E-state index in [0.717, 1.165) is 11.1 Å². The minimum atomic E-state index is -0.487. The second-order valence-corrected chi connectivity index (χ2v) is 6.77. The normalized spacial score (nSPS) is 10.2. The Labute approximate surface area is 167 Å². The van der Waals surface area contributed by atoms with Gasteiger partial charge in [-0.2, -0.15) is 0 Å². The first-order valence-corrected chi connectivity index (χ1v) is 8.89. The monoisotopic (exact) mass is 407 g/mol. The summed E-state index contributed by atoms with van der Waals surface area (Å²) in [5.74, 6) is -1.31. The lowest BCUT2D eigenvalue weighted by molar-refractivity contribution is -0.123. The van der Waals surface area contributed by atoms with Crippen molar-refractivity contribution in [2.45, 2.75) is 13.8 Å². The van der Waals surface area contributed by atoms with Gasteiger partial charge in [0.2, 0.25) is 11.8 Å². The molecular weight excluding hydrogens is 389 g/mol. The summed E-state index contributed by atoms with van der Waals surface area (Å²) in [7, 11) is 0. The second kappa shape index (κ2) is 9.39. The largest absolute Gasteiger partial charge is 0.345 e. The molecule has 6 nitrogen and oxygen atoms in total. The number of rotatable bonds is 6. The van der Waals surface area contributed by atoms with Gasteiger partial charge in [0.15, 0.2) is 0 Å². The van der Waals surface area contributed by atoms with E-state index in [9.17, 15) is 14.4 Å². The number of carbonyl (C=O) groups is 3. The molecule has 0 aromatic heterocycles. The van der Waals surface area contributed by atoms with Crippen molar-refractivity contribution in [2.24, 2.45) is 0 Å². The average molecular weight is 408 g/mol. The van der Waals surface area contributed by atoms with Crippen molar-refractivity contribution in [3.63, 3.8) is 0 Å². The van der Waals surface area contributed by atoms with Crippen molar-refractivity contribution >= 4 is 46.6 Å². The molecule has 27 heavy (non-hydrogen) atoms. The molecule has 142 valence electrons. The SMILES string of the molecule is Cc1ccc(C(=O)NCC(=O)NCC(=O)Nc2cc(Cl)ccc2Cl)cc1C. The molecule has 0 saturated carbocycles. The fourth-order valence-corrected chi connectivity index (χ4v) is 2.51. The summed E-state index contributed by atoms with van der Waals surface area (Å²) in [5, 5.41) is 8.24. The molecule has 0 fully saturated rings. The number of benzene rings is 2. The molecule has 2 rings (SSSR count). The van der Waals surface area contributed by atoms with E-state index in [1.807, 2.05) is 19.9 Å². The highest BCUT2D eigenvalue weighted by atomic mass is 35.5. The van der Waals surface area contributed by atoms with Crippen LogP contribution in [0.2, 0.25) is 10.0 Å². The van der Waals surface area contributed by atoms with Crippen LogP contribution in [-0.4, -0.2) is 30.8 Å². The van der Waals surface area contributed by atoms with Crippen LogP contribution in [0.1, 0.15) is 21.5 Å². The maximum atomic E-state index is 12.1. The van der Waals surface area contributed by atoms with Crippen LogP contribution >= 0.6 is 23.2 Å². The van der Waals surface area contributed by atoms with Crippen LogP contribution in [-0.2, 0) is 9.59 Å². The lowest BCUT2D eigenvalue weighted by atomic mass is 10.1. The van der Waals surface area contributed by atoms with Crippen LogP contribution in [0.25, 0.3) is 0 Å². The molecule has 2 aromatic rings. The molecule has 0 aliphatic heterocycles. The van der Waals surface area contributed by atoms with Crippen molar-refractivity contribution in [3.8, 4) is 0 Å². The van der Waals surface area contributed by atoms with E-state index in [1.165, 1.54) is 6.07 Å². The van der Waals surface area contributed by atoms with Gasteiger partial charge in [-0.3, -0.25) is 14.4 Å². The highest BCUT2D eigenvalue weighted by Crippen LogP contribution is 2.25. The van der Waals surface area contributed by atoms with E-state index in [-0.39, 0.29) is 19.0 Å². The molecule has 0 bridgehead atoms. The summed E-state index contributed by atoms with van der Waals surface area (Å²) < 4.78 is 0. The Bertz CT molecular complexity index is 884. The van der Waals surface area contributed by atoms with Crippen LogP contribution in [0.4, 0.5) is 5.69 Å². The number of nitrogens with one attached hydrogen (secondary N) is 3. The number of halogens is 2.